The van der Waals surface area contributed by atoms with Gasteiger partial charge in [0.1, 0.15) is 0 Å². The van der Waals surface area contributed by atoms with Crippen molar-refractivity contribution in [3.63, 3.8) is 0 Å². The first-order valence-electron chi connectivity index (χ1n) is 12.1. The second-order valence-electron chi connectivity index (χ2n) is 8.89. The van der Waals surface area contributed by atoms with Crippen molar-refractivity contribution in [3.05, 3.63) is 4.13 Å². The lowest BCUT2D eigenvalue weighted by molar-refractivity contribution is -0.910. The molecule has 0 aromatic rings. The number of alkyl halides is 6. The van der Waals surface area contributed by atoms with Gasteiger partial charge in [0.15, 0.2) is 20.0 Å². The van der Waals surface area contributed by atoms with Gasteiger partial charge in [-0.3, -0.25) is 0 Å². The topological polar surface area (TPSA) is 82.4 Å². The monoisotopic (exact) mass is 564 g/mol. The molecule has 0 fully saturated rings. The molecule has 0 aliphatic heterocycles. The van der Waals surface area contributed by atoms with Crippen molar-refractivity contribution in [3.8, 4) is 0 Å². The Morgan fingerprint density at radius 1 is 0.543 bits per heavy atom. The number of halogens is 6. The van der Waals surface area contributed by atoms with E-state index < -0.39 is 31.1 Å². The molecule has 0 atom stereocenters. The molecule has 0 saturated heterocycles. The summed E-state index contributed by atoms with van der Waals surface area (Å²) in [7, 11) is -10.9. The van der Waals surface area contributed by atoms with Gasteiger partial charge in [0, 0.05) is 0 Å². The number of sulfonamides is 2. The Kier molecular flexibility index (Phi) is 17.8. The van der Waals surface area contributed by atoms with E-state index in [-0.39, 0.29) is 0 Å². The minimum Gasteiger partial charge on any atom is -0.421 e. The number of hydrogen-bond donors (Lipinski definition) is 0. The highest BCUT2D eigenvalue weighted by Gasteiger charge is 2.46. The van der Waals surface area contributed by atoms with Crippen LogP contribution in [0.25, 0.3) is 4.13 Å². The molecule has 0 aromatic carbocycles. The summed E-state index contributed by atoms with van der Waals surface area (Å²) < 4.78 is 111. The van der Waals surface area contributed by atoms with E-state index in [4.69, 9.17) is 0 Å². The van der Waals surface area contributed by atoms with Crippen LogP contribution < -0.4 is 0 Å². The number of hydrogen-bond acceptors (Lipinski definition) is 4. The Bertz CT molecular complexity index is 681. The Morgan fingerprint density at radius 3 is 1.00 bits per heavy atom. The molecule has 0 spiro atoms. The van der Waals surface area contributed by atoms with Gasteiger partial charge < -0.3 is 8.61 Å². The van der Waals surface area contributed by atoms with Crippen molar-refractivity contribution >= 4 is 20.0 Å². The van der Waals surface area contributed by atoms with Crippen LogP contribution in [-0.4, -0.2) is 59.0 Å². The fourth-order valence-corrected chi connectivity index (χ4v) is 5.02. The van der Waals surface area contributed by atoms with Crippen LogP contribution in [0.2, 0.25) is 0 Å². The molecule has 0 aliphatic carbocycles. The van der Waals surface area contributed by atoms with Crippen LogP contribution in [0.3, 0.4) is 0 Å². The predicted octanol–water partition coefficient (Wildman–Crippen LogP) is 7.23. The maximum absolute atomic E-state index is 11.4. The van der Waals surface area contributed by atoms with Crippen molar-refractivity contribution in [2.75, 3.05) is 26.7 Å². The van der Waals surface area contributed by atoms with E-state index in [1.165, 1.54) is 101 Å². The van der Waals surface area contributed by atoms with Crippen molar-refractivity contribution in [1.29, 1.82) is 0 Å². The normalized spacial score (nSPS) is 13.4. The fraction of sp³-hybridized carbons (Fsp3) is 1.00. The standard InChI is InChI=1S/C19H42N.C2F6NO4S2/c1-5-8-11-14-17-20(4,18-15-12-9-6-2)19-16-13-10-7-3;3-1(4,5)14(10,11)9-15(12,13)2(6,7)8/h5-19H2,1-4H3;/q+1;-1. The minimum absolute atomic E-state index is 0.778. The van der Waals surface area contributed by atoms with Crippen molar-refractivity contribution < 1.29 is 47.7 Å². The molecule has 6 nitrogen and oxygen atoms in total. The van der Waals surface area contributed by atoms with E-state index in [1.54, 1.807) is 0 Å². The van der Waals surface area contributed by atoms with E-state index in [2.05, 4.69) is 27.8 Å². The second-order valence-corrected chi connectivity index (χ2v) is 12.3. The van der Waals surface area contributed by atoms with Gasteiger partial charge in [-0.05, 0) is 38.5 Å². The molecular formula is C21H42F6N2O4S2. The first-order chi connectivity index (χ1) is 15.9. The van der Waals surface area contributed by atoms with Gasteiger partial charge in [-0.25, -0.2) is 16.8 Å². The third kappa shape index (κ3) is 16.7. The highest BCUT2D eigenvalue weighted by Crippen LogP contribution is 2.36. The SMILES string of the molecule is CCCCCC[N+](C)(CCCCCC)CCCCCC.O=S(=O)([N-]S(=O)(=O)C(F)(F)F)C(F)(F)F. The molecule has 35 heavy (non-hydrogen) atoms. The van der Waals surface area contributed by atoms with E-state index in [0.29, 0.717) is 0 Å². The lowest BCUT2D eigenvalue weighted by Gasteiger charge is -2.35. The van der Waals surface area contributed by atoms with Gasteiger partial charge in [0.25, 0.3) is 0 Å². The quantitative estimate of drug-likeness (QED) is 0.106. The van der Waals surface area contributed by atoms with Gasteiger partial charge >= 0.3 is 11.0 Å². The van der Waals surface area contributed by atoms with Crippen LogP contribution in [0.1, 0.15) is 97.8 Å². The molecule has 0 bridgehead atoms. The smallest absolute Gasteiger partial charge is 0.421 e. The summed E-state index contributed by atoms with van der Waals surface area (Å²) >= 11 is 0. The Hall–Kier alpha value is -0.600. The van der Waals surface area contributed by atoms with Crippen LogP contribution in [0.15, 0.2) is 0 Å². The summed E-state index contributed by atoms with van der Waals surface area (Å²) in [6, 6.07) is 0. The average molecular weight is 565 g/mol. The number of quaternary nitrogens is 1. The van der Waals surface area contributed by atoms with Gasteiger partial charge in [0.05, 0.1) is 26.7 Å². The summed E-state index contributed by atoms with van der Waals surface area (Å²) in [6.07, 6.45) is 17.0. The van der Waals surface area contributed by atoms with E-state index in [0.717, 1.165) is 4.13 Å². The molecule has 0 amide bonds. The van der Waals surface area contributed by atoms with Crippen LogP contribution in [0.5, 0.6) is 0 Å². The number of rotatable bonds is 17. The van der Waals surface area contributed by atoms with Crippen LogP contribution in [0.4, 0.5) is 26.3 Å². The van der Waals surface area contributed by atoms with Crippen molar-refractivity contribution in [2.24, 2.45) is 0 Å². The fourth-order valence-electron chi connectivity index (χ4n) is 3.31. The molecule has 214 valence electrons. The highest BCUT2D eigenvalue weighted by molar-refractivity contribution is 8.13. The molecule has 0 unspecified atom stereocenters. The zero-order chi connectivity index (χ0) is 27.8. The minimum atomic E-state index is -6.72. The summed E-state index contributed by atoms with van der Waals surface area (Å²) in [5.74, 6) is 0. The Labute approximate surface area is 207 Å². The molecule has 0 heterocycles. The molecule has 14 heteroatoms. The first-order valence-corrected chi connectivity index (χ1v) is 15.0. The summed E-state index contributed by atoms with van der Waals surface area (Å²) in [6.45, 7) is 11.2. The third-order valence-corrected chi connectivity index (χ3v) is 8.18. The van der Waals surface area contributed by atoms with Gasteiger partial charge in [-0.1, -0.05) is 59.3 Å². The summed E-state index contributed by atoms with van der Waals surface area (Å²) in [5.41, 5.74) is -12.4. The second kappa shape index (κ2) is 17.0. The number of nitrogens with zero attached hydrogens (tertiary/aromatic N) is 2. The third-order valence-electron chi connectivity index (χ3n) is 5.44. The van der Waals surface area contributed by atoms with E-state index >= 15 is 0 Å². The average Bonchev–Trinajstić information content (AvgIpc) is 2.70. The largest absolute Gasteiger partial charge is 0.480 e. The maximum Gasteiger partial charge on any atom is 0.480 e. The summed E-state index contributed by atoms with van der Waals surface area (Å²) in [4.78, 5) is 0. The van der Waals surface area contributed by atoms with Crippen LogP contribution in [-0.2, 0) is 20.0 Å². The Morgan fingerprint density at radius 2 is 0.800 bits per heavy atom. The van der Waals surface area contributed by atoms with E-state index in [1.807, 2.05) is 0 Å². The van der Waals surface area contributed by atoms with Crippen molar-refractivity contribution in [2.45, 2.75) is 109 Å². The van der Waals surface area contributed by atoms with Crippen LogP contribution >= 0.6 is 0 Å². The van der Waals surface area contributed by atoms with Gasteiger partial charge in [-0.2, -0.15) is 26.3 Å². The highest BCUT2D eigenvalue weighted by atomic mass is 32.3. The zero-order valence-electron chi connectivity index (χ0n) is 21.2. The molecule has 0 aliphatic rings. The molecule has 0 aromatic heterocycles. The molecule has 0 N–H and O–H groups in total. The molecule has 0 rings (SSSR count). The lowest BCUT2D eigenvalue weighted by Crippen LogP contribution is -2.46. The van der Waals surface area contributed by atoms with Gasteiger partial charge in [0.2, 0.25) is 0 Å². The maximum atomic E-state index is 11.4. The predicted molar refractivity (Wildman–Crippen MR) is 127 cm³/mol. The first kappa shape index (κ1) is 36.6. The van der Waals surface area contributed by atoms with Crippen molar-refractivity contribution in [1.82, 2.24) is 0 Å². The molecule has 0 radical (unpaired) electrons. The number of unbranched alkanes of at least 4 members (excludes halogenated alkanes) is 9. The van der Waals surface area contributed by atoms with Crippen LogP contribution in [0, 0.1) is 0 Å². The van der Waals surface area contributed by atoms with E-state index in [9.17, 15) is 43.2 Å². The summed E-state index contributed by atoms with van der Waals surface area (Å²) in [5, 5.41) is 0. The molecular weight excluding hydrogens is 522 g/mol. The Balaban J connectivity index is 0. The lowest BCUT2D eigenvalue weighted by atomic mass is 10.1. The zero-order valence-corrected chi connectivity index (χ0v) is 22.9. The molecule has 0 saturated carbocycles. The van der Waals surface area contributed by atoms with Gasteiger partial charge in [-0.15, -0.1) is 0 Å².